The van der Waals surface area contributed by atoms with Gasteiger partial charge in [0.1, 0.15) is 6.04 Å². The second-order valence-electron chi connectivity index (χ2n) is 7.00. The average Bonchev–Trinajstić information content (AvgIpc) is 3.08. The van der Waals surface area contributed by atoms with Crippen LogP contribution in [0.5, 0.6) is 0 Å². The summed E-state index contributed by atoms with van der Waals surface area (Å²) in [6.07, 6.45) is 8.65. The first-order chi connectivity index (χ1) is 12.6. The fourth-order valence-electron chi connectivity index (χ4n) is 3.89. The number of fused-ring (bicyclic) bond motifs is 1. The molecular weight excluding hydrogens is 324 g/mol. The Labute approximate surface area is 154 Å². The van der Waals surface area contributed by atoms with Crippen LogP contribution < -0.4 is 0 Å². The number of hydrogen-bond donors (Lipinski definition) is 1. The van der Waals surface area contributed by atoms with Crippen LogP contribution in [0.15, 0.2) is 61.1 Å². The van der Waals surface area contributed by atoms with Crippen LogP contribution in [-0.2, 0) is 4.79 Å². The Kier molecular flexibility index (Phi) is 5.71. The summed E-state index contributed by atoms with van der Waals surface area (Å²) in [5.74, 6) is -0.700. The van der Waals surface area contributed by atoms with Crippen molar-refractivity contribution in [3.63, 3.8) is 0 Å². The van der Waals surface area contributed by atoms with E-state index < -0.39 is 12.0 Å². The van der Waals surface area contributed by atoms with Crippen LogP contribution in [0.2, 0.25) is 0 Å². The molecule has 0 aliphatic carbocycles. The minimum Gasteiger partial charge on any atom is -0.480 e. The maximum Gasteiger partial charge on any atom is 0.327 e. The van der Waals surface area contributed by atoms with Crippen molar-refractivity contribution in [2.45, 2.75) is 45.1 Å². The molecule has 0 spiro atoms. The number of carbonyl (C=O) groups is 1. The van der Waals surface area contributed by atoms with Crippen molar-refractivity contribution in [3.05, 3.63) is 66.6 Å². The second kappa shape index (κ2) is 8.17. The van der Waals surface area contributed by atoms with Gasteiger partial charge in [0.25, 0.3) is 0 Å². The average molecular weight is 350 g/mol. The van der Waals surface area contributed by atoms with E-state index in [1.54, 1.807) is 6.20 Å². The quantitative estimate of drug-likeness (QED) is 0.602. The van der Waals surface area contributed by atoms with Gasteiger partial charge < -0.3 is 9.67 Å². The summed E-state index contributed by atoms with van der Waals surface area (Å²) in [5.41, 5.74) is 1.94. The lowest BCUT2D eigenvalue weighted by molar-refractivity contribution is -0.142. The number of rotatable bonds is 8. The molecule has 0 radical (unpaired) electrons. The Morgan fingerprint density at radius 3 is 2.69 bits per heavy atom. The van der Waals surface area contributed by atoms with Crippen LogP contribution in [0.3, 0.4) is 0 Å². The lowest BCUT2D eigenvalue weighted by Crippen LogP contribution is -2.29. The molecule has 3 aromatic rings. The molecule has 0 aliphatic rings. The normalized spacial score (nSPS) is 14.8. The summed E-state index contributed by atoms with van der Waals surface area (Å²) in [6.45, 7) is 4.33. The van der Waals surface area contributed by atoms with Crippen molar-refractivity contribution in [2.75, 3.05) is 0 Å². The second-order valence-corrected chi connectivity index (χ2v) is 7.00. The van der Waals surface area contributed by atoms with Crippen molar-refractivity contribution < 1.29 is 9.90 Å². The summed E-state index contributed by atoms with van der Waals surface area (Å²) < 4.78 is 1.91. The van der Waals surface area contributed by atoms with E-state index in [-0.39, 0.29) is 11.8 Å². The smallest absolute Gasteiger partial charge is 0.327 e. The predicted molar refractivity (Wildman–Crippen MR) is 104 cm³/mol. The fraction of sp³-hybridized carbons (Fsp3) is 0.364. The summed E-state index contributed by atoms with van der Waals surface area (Å²) in [7, 11) is 0. The molecule has 4 nitrogen and oxygen atoms in total. The van der Waals surface area contributed by atoms with E-state index in [1.807, 2.05) is 59.4 Å². The van der Waals surface area contributed by atoms with Gasteiger partial charge in [-0.3, -0.25) is 4.98 Å². The highest BCUT2D eigenvalue weighted by Gasteiger charge is 2.35. The van der Waals surface area contributed by atoms with E-state index in [0.29, 0.717) is 0 Å². The highest BCUT2D eigenvalue weighted by atomic mass is 16.4. The molecule has 0 fully saturated rings. The topological polar surface area (TPSA) is 55.1 Å². The minimum absolute atomic E-state index is 0.136. The molecule has 0 amide bonds. The number of benzene rings is 1. The van der Waals surface area contributed by atoms with Gasteiger partial charge in [-0.1, -0.05) is 57.4 Å². The van der Waals surface area contributed by atoms with Crippen molar-refractivity contribution in [2.24, 2.45) is 5.92 Å². The maximum absolute atomic E-state index is 12.4. The van der Waals surface area contributed by atoms with Gasteiger partial charge in [-0.2, -0.15) is 0 Å². The van der Waals surface area contributed by atoms with Gasteiger partial charge in [0.2, 0.25) is 0 Å². The van der Waals surface area contributed by atoms with Gasteiger partial charge in [-0.15, -0.1) is 0 Å². The third-order valence-electron chi connectivity index (χ3n) is 5.22. The molecule has 0 saturated carbocycles. The molecule has 1 N–H and O–H groups in total. The lowest BCUT2D eigenvalue weighted by Gasteiger charge is -2.31. The lowest BCUT2D eigenvalue weighted by atomic mass is 9.79. The Morgan fingerprint density at radius 2 is 2.00 bits per heavy atom. The van der Waals surface area contributed by atoms with Crippen LogP contribution >= 0.6 is 0 Å². The first-order valence-corrected chi connectivity index (χ1v) is 9.31. The number of carboxylic acids is 1. The molecule has 136 valence electrons. The Bertz CT molecular complexity index is 857. The molecule has 4 heteroatoms. The summed E-state index contributed by atoms with van der Waals surface area (Å²) in [5, 5.41) is 11.2. The molecule has 26 heavy (non-hydrogen) atoms. The largest absolute Gasteiger partial charge is 0.480 e. The van der Waals surface area contributed by atoms with Crippen LogP contribution in [0.4, 0.5) is 0 Å². The number of aliphatic carboxylic acids is 1. The van der Waals surface area contributed by atoms with Crippen LogP contribution in [-0.4, -0.2) is 20.6 Å². The van der Waals surface area contributed by atoms with E-state index in [2.05, 4.69) is 18.8 Å². The fourth-order valence-corrected chi connectivity index (χ4v) is 3.89. The SMILES string of the molecule is CCCCC(C)C(c1cccnc1)C(C(=O)O)n1ccc2ccccc21. The van der Waals surface area contributed by atoms with E-state index in [4.69, 9.17) is 0 Å². The van der Waals surface area contributed by atoms with E-state index in [9.17, 15) is 9.90 Å². The van der Waals surface area contributed by atoms with Crippen molar-refractivity contribution in [1.29, 1.82) is 0 Å². The zero-order chi connectivity index (χ0) is 18.5. The van der Waals surface area contributed by atoms with E-state index in [1.165, 1.54) is 0 Å². The van der Waals surface area contributed by atoms with Crippen molar-refractivity contribution in [1.82, 2.24) is 9.55 Å². The number of pyridine rings is 1. The molecule has 2 heterocycles. The standard InChI is InChI=1S/C22H26N2O2/c1-3-4-8-16(2)20(18-10-7-13-23-15-18)21(22(25)26)24-14-12-17-9-5-6-11-19(17)24/h5-7,9-16,20-21H,3-4,8H2,1-2H3,(H,25,26). The van der Waals surface area contributed by atoms with Gasteiger partial charge in [-0.05, 0) is 35.1 Å². The molecule has 3 rings (SSSR count). The van der Waals surface area contributed by atoms with Crippen LogP contribution in [0.1, 0.15) is 50.6 Å². The predicted octanol–water partition coefficient (Wildman–Crippen LogP) is 5.27. The van der Waals surface area contributed by atoms with Gasteiger partial charge >= 0.3 is 5.97 Å². The first-order valence-electron chi connectivity index (χ1n) is 9.31. The number of aromatic nitrogens is 2. The zero-order valence-corrected chi connectivity index (χ0v) is 15.4. The number of unbranched alkanes of at least 4 members (excludes halogenated alkanes) is 1. The molecule has 3 unspecified atom stereocenters. The molecule has 1 aromatic carbocycles. The Balaban J connectivity index is 2.10. The third-order valence-corrected chi connectivity index (χ3v) is 5.22. The minimum atomic E-state index is -0.802. The monoisotopic (exact) mass is 350 g/mol. The van der Waals surface area contributed by atoms with Crippen LogP contribution in [0.25, 0.3) is 10.9 Å². The number of carboxylic acid groups (broad SMARTS) is 1. The van der Waals surface area contributed by atoms with Crippen molar-refractivity contribution >= 4 is 16.9 Å². The maximum atomic E-state index is 12.4. The summed E-state index contributed by atoms with van der Waals surface area (Å²) in [4.78, 5) is 16.6. The summed E-state index contributed by atoms with van der Waals surface area (Å²) in [6, 6.07) is 13.2. The van der Waals surface area contributed by atoms with Gasteiger partial charge in [0.15, 0.2) is 0 Å². The van der Waals surface area contributed by atoms with Gasteiger partial charge in [-0.25, -0.2) is 4.79 Å². The van der Waals surface area contributed by atoms with Crippen molar-refractivity contribution in [3.8, 4) is 0 Å². The highest BCUT2D eigenvalue weighted by molar-refractivity contribution is 5.83. The number of hydrogen-bond acceptors (Lipinski definition) is 2. The summed E-state index contributed by atoms with van der Waals surface area (Å²) >= 11 is 0. The molecular formula is C22H26N2O2. The molecule has 2 aromatic heterocycles. The molecule has 3 atom stereocenters. The molecule has 0 aliphatic heterocycles. The van der Waals surface area contributed by atoms with Gasteiger partial charge in [0, 0.05) is 30.0 Å². The first kappa shape index (κ1) is 18.2. The van der Waals surface area contributed by atoms with Crippen LogP contribution in [0, 0.1) is 5.92 Å². The Hall–Kier alpha value is -2.62. The number of para-hydroxylation sites is 1. The van der Waals surface area contributed by atoms with E-state index in [0.717, 1.165) is 35.7 Å². The Morgan fingerprint density at radius 1 is 1.19 bits per heavy atom. The zero-order valence-electron chi connectivity index (χ0n) is 15.4. The number of nitrogens with zero attached hydrogens (tertiary/aromatic N) is 2. The highest BCUT2D eigenvalue weighted by Crippen LogP contribution is 2.39. The molecule has 0 bridgehead atoms. The third kappa shape index (κ3) is 3.64. The van der Waals surface area contributed by atoms with Gasteiger partial charge in [0.05, 0.1) is 0 Å². The van der Waals surface area contributed by atoms with E-state index >= 15 is 0 Å². The molecule has 0 saturated heterocycles.